The molecule has 1 aromatic carbocycles. The van der Waals surface area contributed by atoms with Gasteiger partial charge in [0, 0.05) is 3.57 Å². The van der Waals surface area contributed by atoms with Crippen LogP contribution in [0.3, 0.4) is 0 Å². The maximum absolute atomic E-state index is 11.7. The highest BCUT2D eigenvalue weighted by Crippen LogP contribution is 2.09. The Morgan fingerprint density at radius 3 is 2.48 bits per heavy atom. The lowest BCUT2D eigenvalue weighted by molar-refractivity contribution is -0.118. The first-order valence-electron chi connectivity index (χ1n) is 6.41. The zero-order valence-corrected chi connectivity index (χ0v) is 14.8. The van der Waals surface area contributed by atoms with Gasteiger partial charge in [0.05, 0.1) is 12.6 Å². The van der Waals surface area contributed by atoms with E-state index < -0.39 is 12.1 Å². The smallest absolute Gasteiger partial charge is 0.413 e. The minimum absolute atomic E-state index is 0.0541. The molecule has 0 saturated carbocycles. The summed E-state index contributed by atoms with van der Waals surface area (Å²) in [7, 11) is 0. The molecule has 0 aliphatic carbocycles. The van der Waals surface area contributed by atoms with Gasteiger partial charge in [-0.1, -0.05) is 12.1 Å². The van der Waals surface area contributed by atoms with E-state index in [1.54, 1.807) is 6.92 Å². The normalized spacial score (nSPS) is 11.4. The fraction of sp³-hybridized carbons (Fsp3) is 0.357. The molecule has 0 saturated heterocycles. The van der Waals surface area contributed by atoms with E-state index in [1.807, 2.05) is 24.3 Å². The van der Waals surface area contributed by atoms with Crippen LogP contribution >= 0.6 is 34.8 Å². The molecule has 114 valence electrons. The molecule has 1 rings (SSSR count). The zero-order chi connectivity index (χ0) is 15.8. The second kappa shape index (κ2) is 8.93. The monoisotopic (exact) mass is 420 g/mol. The second-order valence-electron chi connectivity index (χ2n) is 4.31. The van der Waals surface area contributed by atoms with Crippen LogP contribution in [0.15, 0.2) is 24.3 Å². The number of Topliss-reactive ketones (excluding diaryl/α,β-unsaturated/α-hetero) is 1. The standard InChI is InChI=1S/C14H17IN2O3S/c1-3-20-14(19)17-13(21)16-12(9(2)18)8-10-4-6-11(15)7-5-10/h4-7,12H,3,8H2,1-2H3,(H2,16,17,19,21). The molecule has 5 nitrogen and oxygen atoms in total. The van der Waals surface area contributed by atoms with Gasteiger partial charge in [-0.25, -0.2) is 4.79 Å². The topological polar surface area (TPSA) is 67.4 Å². The van der Waals surface area contributed by atoms with Gasteiger partial charge in [-0.3, -0.25) is 10.1 Å². The number of ether oxygens (including phenoxy) is 1. The van der Waals surface area contributed by atoms with Crippen LogP contribution in [0.4, 0.5) is 4.79 Å². The highest BCUT2D eigenvalue weighted by atomic mass is 127. The molecule has 2 N–H and O–H groups in total. The summed E-state index contributed by atoms with van der Waals surface area (Å²) < 4.78 is 5.85. The summed E-state index contributed by atoms with van der Waals surface area (Å²) in [6, 6.07) is 7.38. The Bertz CT molecular complexity index is 519. The molecular formula is C14H17IN2O3S. The first-order chi connectivity index (χ1) is 9.92. The molecule has 1 unspecified atom stereocenters. The summed E-state index contributed by atoms with van der Waals surface area (Å²) >= 11 is 7.22. The number of hydrogen-bond donors (Lipinski definition) is 2. The van der Waals surface area contributed by atoms with Gasteiger partial charge in [-0.05, 0) is 72.8 Å². The minimum atomic E-state index is -0.633. The third kappa shape index (κ3) is 6.85. The Kier molecular flexibility index (Phi) is 7.58. The zero-order valence-electron chi connectivity index (χ0n) is 11.8. The van der Waals surface area contributed by atoms with E-state index in [4.69, 9.17) is 17.0 Å². The summed E-state index contributed by atoms with van der Waals surface area (Å²) in [5, 5.41) is 5.29. The molecule has 0 aliphatic heterocycles. The summed E-state index contributed by atoms with van der Waals surface area (Å²) in [5.74, 6) is -0.0541. The summed E-state index contributed by atoms with van der Waals surface area (Å²) in [4.78, 5) is 22.9. The molecule has 7 heteroatoms. The van der Waals surface area contributed by atoms with Crippen LogP contribution in [0.25, 0.3) is 0 Å². The van der Waals surface area contributed by atoms with Crippen molar-refractivity contribution >= 4 is 51.8 Å². The van der Waals surface area contributed by atoms with Gasteiger partial charge < -0.3 is 10.1 Å². The number of alkyl carbamates (subject to hydrolysis) is 1. The summed E-state index contributed by atoms with van der Waals surface area (Å²) in [6.45, 7) is 3.44. The van der Waals surface area contributed by atoms with E-state index >= 15 is 0 Å². The van der Waals surface area contributed by atoms with Gasteiger partial charge >= 0.3 is 6.09 Å². The Balaban J connectivity index is 2.61. The Morgan fingerprint density at radius 1 is 1.33 bits per heavy atom. The van der Waals surface area contributed by atoms with Gasteiger partial charge in [0.15, 0.2) is 10.9 Å². The number of nitrogens with one attached hydrogen (secondary N) is 2. The number of rotatable bonds is 5. The van der Waals surface area contributed by atoms with E-state index in [1.165, 1.54) is 6.92 Å². The Morgan fingerprint density at radius 2 is 1.95 bits per heavy atom. The maximum atomic E-state index is 11.7. The SMILES string of the molecule is CCOC(=O)NC(=S)NC(Cc1ccc(I)cc1)C(C)=O. The molecule has 0 aromatic heterocycles. The molecule has 0 radical (unpaired) electrons. The first kappa shape index (κ1) is 17.8. The number of carbonyl (C=O) groups is 2. The van der Waals surface area contributed by atoms with E-state index in [-0.39, 0.29) is 17.5 Å². The van der Waals surface area contributed by atoms with Crippen molar-refractivity contribution in [1.82, 2.24) is 10.6 Å². The Hall–Kier alpha value is -1.22. The third-order valence-electron chi connectivity index (χ3n) is 2.64. The molecule has 1 atom stereocenters. The van der Waals surface area contributed by atoms with Crippen LogP contribution < -0.4 is 10.6 Å². The summed E-state index contributed by atoms with van der Waals surface area (Å²) in [5.41, 5.74) is 1.02. The first-order valence-corrected chi connectivity index (χ1v) is 7.90. The molecule has 0 fully saturated rings. The molecule has 0 aliphatic rings. The molecule has 0 bridgehead atoms. The fourth-order valence-electron chi connectivity index (χ4n) is 1.61. The van der Waals surface area contributed by atoms with Crippen molar-refractivity contribution in [2.45, 2.75) is 26.3 Å². The van der Waals surface area contributed by atoms with E-state index in [0.717, 1.165) is 9.13 Å². The number of amides is 1. The van der Waals surface area contributed by atoms with Crippen molar-refractivity contribution in [2.24, 2.45) is 0 Å². The minimum Gasteiger partial charge on any atom is -0.450 e. The number of halogens is 1. The fourth-order valence-corrected chi connectivity index (χ4v) is 2.19. The van der Waals surface area contributed by atoms with Crippen LogP contribution in [0.1, 0.15) is 19.4 Å². The molecule has 1 amide bonds. The number of carbonyl (C=O) groups excluding carboxylic acids is 2. The van der Waals surface area contributed by atoms with Crippen LogP contribution in [-0.2, 0) is 16.0 Å². The lowest BCUT2D eigenvalue weighted by atomic mass is 10.0. The Labute approximate surface area is 143 Å². The van der Waals surface area contributed by atoms with Crippen LogP contribution in [0.2, 0.25) is 0 Å². The predicted molar refractivity (Wildman–Crippen MR) is 93.2 cm³/mol. The van der Waals surface area contributed by atoms with Crippen molar-refractivity contribution in [3.63, 3.8) is 0 Å². The number of hydrogen-bond acceptors (Lipinski definition) is 4. The maximum Gasteiger partial charge on any atom is 0.413 e. The largest absolute Gasteiger partial charge is 0.450 e. The van der Waals surface area contributed by atoms with Gasteiger partial charge in [0.25, 0.3) is 0 Å². The molecule has 1 aromatic rings. The van der Waals surface area contributed by atoms with E-state index in [9.17, 15) is 9.59 Å². The average molecular weight is 420 g/mol. The summed E-state index contributed by atoms with van der Waals surface area (Å²) in [6.07, 6.45) is -0.136. The van der Waals surface area contributed by atoms with Gasteiger partial charge in [-0.15, -0.1) is 0 Å². The van der Waals surface area contributed by atoms with Crippen molar-refractivity contribution in [1.29, 1.82) is 0 Å². The van der Waals surface area contributed by atoms with Crippen LogP contribution in [-0.4, -0.2) is 29.6 Å². The van der Waals surface area contributed by atoms with E-state index in [0.29, 0.717) is 6.42 Å². The van der Waals surface area contributed by atoms with Crippen LogP contribution in [0, 0.1) is 3.57 Å². The molecule has 0 heterocycles. The molecule has 21 heavy (non-hydrogen) atoms. The number of thiocarbonyl (C=S) groups is 1. The van der Waals surface area contributed by atoms with Crippen molar-refractivity contribution in [3.05, 3.63) is 33.4 Å². The van der Waals surface area contributed by atoms with E-state index in [2.05, 4.69) is 33.2 Å². The van der Waals surface area contributed by atoms with Crippen LogP contribution in [0.5, 0.6) is 0 Å². The molecule has 0 spiro atoms. The van der Waals surface area contributed by atoms with Gasteiger partial charge in [0.2, 0.25) is 0 Å². The van der Waals surface area contributed by atoms with Crippen molar-refractivity contribution in [3.8, 4) is 0 Å². The van der Waals surface area contributed by atoms with Crippen molar-refractivity contribution in [2.75, 3.05) is 6.61 Å². The number of ketones is 1. The highest BCUT2D eigenvalue weighted by molar-refractivity contribution is 14.1. The van der Waals surface area contributed by atoms with Gasteiger partial charge in [-0.2, -0.15) is 0 Å². The van der Waals surface area contributed by atoms with Crippen molar-refractivity contribution < 1.29 is 14.3 Å². The average Bonchev–Trinajstić information content (AvgIpc) is 2.40. The quantitative estimate of drug-likeness (QED) is 0.566. The highest BCUT2D eigenvalue weighted by Gasteiger charge is 2.17. The molecular weight excluding hydrogens is 403 g/mol. The lowest BCUT2D eigenvalue weighted by Crippen LogP contribution is -2.48. The number of benzene rings is 1. The third-order valence-corrected chi connectivity index (χ3v) is 3.58. The second-order valence-corrected chi connectivity index (χ2v) is 5.97. The predicted octanol–water partition coefficient (Wildman–Crippen LogP) is 2.41. The van der Waals surface area contributed by atoms with Gasteiger partial charge in [0.1, 0.15) is 0 Å². The lowest BCUT2D eigenvalue weighted by Gasteiger charge is -2.18.